The van der Waals surface area contributed by atoms with E-state index in [1.165, 1.54) is 6.07 Å². The Morgan fingerprint density at radius 1 is 1.00 bits per heavy atom. The normalized spacial score (nSPS) is 10.3. The van der Waals surface area contributed by atoms with Gasteiger partial charge in [-0.25, -0.2) is 0 Å². The van der Waals surface area contributed by atoms with Gasteiger partial charge in [-0.05, 0) is 44.2 Å². The van der Waals surface area contributed by atoms with E-state index in [4.69, 9.17) is 32.7 Å². The summed E-state index contributed by atoms with van der Waals surface area (Å²) in [7, 11) is 0. The zero-order valence-electron chi connectivity index (χ0n) is 12.9. The van der Waals surface area contributed by atoms with Crippen molar-refractivity contribution in [3.63, 3.8) is 0 Å². The van der Waals surface area contributed by atoms with E-state index in [2.05, 4.69) is 5.32 Å². The van der Waals surface area contributed by atoms with Gasteiger partial charge in [-0.2, -0.15) is 0 Å². The molecule has 0 atom stereocenters. The van der Waals surface area contributed by atoms with Crippen molar-refractivity contribution in [2.24, 2.45) is 0 Å². The van der Waals surface area contributed by atoms with Gasteiger partial charge in [0.25, 0.3) is 5.91 Å². The third-order valence-electron chi connectivity index (χ3n) is 2.99. The van der Waals surface area contributed by atoms with E-state index in [1.807, 2.05) is 13.8 Å². The number of hydrogen-bond acceptors (Lipinski definition) is 3. The summed E-state index contributed by atoms with van der Waals surface area (Å²) in [6.45, 7) is 4.79. The van der Waals surface area contributed by atoms with E-state index in [1.54, 1.807) is 30.3 Å². The Hall–Kier alpha value is -1.91. The molecule has 0 spiro atoms. The van der Waals surface area contributed by atoms with Crippen LogP contribution in [0.15, 0.2) is 36.4 Å². The Labute approximate surface area is 145 Å². The van der Waals surface area contributed by atoms with Crippen molar-refractivity contribution < 1.29 is 14.3 Å². The average molecular weight is 354 g/mol. The third-order valence-corrected chi connectivity index (χ3v) is 3.73. The molecule has 0 aromatic heterocycles. The van der Waals surface area contributed by atoms with Crippen LogP contribution in [0.25, 0.3) is 0 Å². The second kappa shape index (κ2) is 8.09. The zero-order valence-corrected chi connectivity index (χ0v) is 14.4. The lowest BCUT2D eigenvalue weighted by atomic mass is 10.2. The summed E-state index contributed by atoms with van der Waals surface area (Å²) in [6.07, 6.45) is 0. The minimum atomic E-state index is -0.307. The molecule has 0 aliphatic carbocycles. The number of rotatable bonds is 6. The maximum atomic E-state index is 12.4. The number of nitrogens with one attached hydrogen (secondary N) is 1. The van der Waals surface area contributed by atoms with Crippen LogP contribution in [0, 0.1) is 0 Å². The quantitative estimate of drug-likeness (QED) is 0.790. The molecule has 0 saturated heterocycles. The van der Waals surface area contributed by atoms with Crippen molar-refractivity contribution in [1.82, 2.24) is 0 Å². The molecule has 0 aliphatic heterocycles. The molecular weight excluding hydrogens is 337 g/mol. The zero-order chi connectivity index (χ0) is 16.8. The van der Waals surface area contributed by atoms with Gasteiger partial charge in [-0.1, -0.05) is 23.2 Å². The fourth-order valence-electron chi connectivity index (χ4n) is 1.98. The van der Waals surface area contributed by atoms with E-state index >= 15 is 0 Å². The van der Waals surface area contributed by atoms with Gasteiger partial charge in [0.15, 0.2) is 0 Å². The number of halogens is 2. The maximum Gasteiger partial charge on any atom is 0.255 e. The van der Waals surface area contributed by atoms with Gasteiger partial charge in [0.1, 0.15) is 11.5 Å². The van der Waals surface area contributed by atoms with Crippen LogP contribution in [-0.2, 0) is 0 Å². The van der Waals surface area contributed by atoms with Gasteiger partial charge in [0.05, 0.1) is 28.9 Å². The van der Waals surface area contributed by atoms with Crippen LogP contribution in [0.4, 0.5) is 5.69 Å². The largest absolute Gasteiger partial charge is 0.494 e. The van der Waals surface area contributed by atoms with Crippen LogP contribution in [0.5, 0.6) is 11.5 Å². The Balaban J connectivity index is 2.27. The SMILES string of the molecule is CCOc1ccc(OCC)c(NC(=O)c2ccc(Cl)c(Cl)c2)c1. The molecule has 2 rings (SSSR count). The number of carbonyl (C=O) groups excluding carboxylic acids is 1. The molecule has 0 aliphatic rings. The Kier molecular flexibility index (Phi) is 6.13. The van der Waals surface area contributed by atoms with Gasteiger partial charge >= 0.3 is 0 Å². The first-order valence-electron chi connectivity index (χ1n) is 7.21. The highest BCUT2D eigenvalue weighted by molar-refractivity contribution is 6.42. The van der Waals surface area contributed by atoms with Crippen LogP contribution >= 0.6 is 23.2 Å². The van der Waals surface area contributed by atoms with E-state index < -0.39 is 0 Å². The predicted molar refractivity (Wildman–Crippen MR) is 93.2 cm³/mol. The summed E-state index contributed by atoms with van der Waals surface area (Å²) < 4.78 is 11.0. The number of carbonyl (C=O) groups is 1. The third kappa shape index (κ3) is 4.53. The molecular formula is C17H17Cl2NO3. The topological polar surface area (TPSA) is 47.6 Å². The standard InChI is InChI=1S/C17H17Cl2NO3/c1-3-22-12-6-8-16(23-4-2)15(10-12)20-17(21)11-5-7-13(18)14(19)9-11/h5-10H,3-4H2,1-2H3,(H,20,21). The predicted octanol–water partition coefficient (Wildman–Crippen LogP) is 5.04. The lowest BCUT2D eigenvalue weighted by Gasteiger charge is -2.13. The van der Waals surface area contributed by atoms with Crippen molar-refractivity contribution in [2.75, 3.05) is 18.5 Å². The smallest absolute Gasteiger partial charge is 0.255 e. The summed E-state index contributed by atoms with van der Waals surface area (Å²) in [6, 6.07) is 9.99. The highest BCUT2D eigenvalue weighted by Crippen LogP contribution is 2.30. The van der Waals surface area contributed by atoms with Crippen LogP contribution in [-0.4, -0.2) is 19.1 Å². The Bertz CT molecular complexity index is 704. The summed E-state index contributed by atoms with van der Waals surface area (Å²) in [4.78, 5) is 12.4. The minimum absolute atomic E-state index is 0.307. The number of benzene rings is 2. The van der Waals surface area contributed by atoms with Gasteiger partial charge in [0.2, 0.25) is 0 Å². The first-order valence-corrected chi connectivity index (χ1v) is 7.96. The summed E-state index contributed by atoms with van der Waals surface area (Å²) >= 11 is 11.8. The van der Waals surface area contributed by atoms with E-state index in [9.17, 15) is 4.79 Å². The number of anilines is 1. The molecule has 4 nitrogen and oxygen atoms in total. The summed E-state index contributed by atoms with van der Waals surface area (Å²) in [5.74, 6) is 0.919. The maximum absolute atomic E-state index is 12.4. The van der Waals surface area contributed by atoms with Gasteiger partial charge in [-0.15, -0.1) is 0 Å². The number of amides is 1. The molecule has 122 valence electrons. The molecule has 0 unspecified atom stereocenters. The Morgan fingerprint density at radius 2 is 1.74 bits per heavy atom. The van der Waals surface area contributed by atoms with E-state index in [0.717, 1.165) is 0 Å². The van der Waals surface area contributed by atoms with E-state index in [0.29, 0.717) is 46.0 Å². The molecule has 1 N–H and O–H groups in total. The molecule has 0 heterocycles. The van der Waals surface area contributed by atoms with Gasteiger partial charge in [-0.3, -0.25) is 4.79 Å². The first-order chi connectivity index (χ1) is 11.0. The van der Waals surface area contributed by atoms with Crippen LogP contribution in [0.1, 0.15) is 24.2 Å². The minimum Gasteiger partial charge on any atom is -0.494 e. The molecule has 0 bridgehead atoms. The highest BCUT2D eigenvalue weighted by Gasteiger charge is 2.12. The van der Waals surface area contributed by atoms with Crippen LogP contribution < -0.4 is 14.8 Å². The van der Waals surface area contributed by atoms with Gasteiger partial charge < -0.3 is 14.8 Å². The van der Waals surface area contributed by atoms with E-state index in [-0.39, 0.29) is 5.91 Å². The number of hydrogen-bond donors (Lipinski definition) is 1. The highest BCUT2D eigenvalue weighted by atomic mass is 35.5. The second-order valence-electron chi connectivity index (χ2n) is 4.61. The molecule has 0 radical (unpaired) electrons. The fraction of sp³-hybridized carbons (Fsp3) is 0.235. The second-order valence-corrected chi connectivity index (χ2v) is 5.42. The Morgan fingerprint density at radius 3 is 2.39 bits per heavy atom. The van der Waals surface area contributed by atoms with Crippen molar-refractivity contribution in [3.8, 4) is 11.5 Å². The molecule has 0 fully saturated rings. The molecule has 6 heteroatoms. The molecule has 0 saturated carbocycles. The van der Waals surface area contributed by atoms with Crippen molar-refractivity contribution in [1.29, 1.82) is 0 Å². The lowest BCUT2D eigenvalue weighted by molar-refractivity contribution is 0.102. The van der Waals surface area contributed by atoms with Crippen LogP contribution in [0.2, 0.25) is 10.0 Å². The molecule has 23 heavy (non-hydrogen) atoms. The molecule has 1 amide bonds. The van der Waals surface area contributed by atoms with Gasteiger partial charge in [0, 0.05) is 11.6 Å². The lowest BCUT2D eigenvalue weighted by Crippen LogP contribution is -2.13. The summed E-state index contributed by atoms with van der Waals surface area (Å²) in [5.41, 5.74) is 0.942. The average Bonchev–Trinajstić information content (AvgIpc) is 2.53. The first kappa shape index (κ1) is 17.4. The van der Waals surface area contributed by atoms with Crippen LogP contribution in [0.3, 0.4) is 0 Å². The van der Waals surface area contributed by atoms with Crippen molar-refractivity contribution >= 4 is 34.8 Å². The van der Waals surface area contributed by atoms with Crippen molar-refractivity contribution in [3.05, 3.63) is 52.0 Å². The molecule has 2 aromatic carbocycles. The fourth-order valence-corrected chi connectivity index (χ4v) is 2.27. The monoisotopic (exact) mass is 353 g/mol. The van der Waals surface area contributed by atoms with Crippen molar-refractivity contribution in [2.45, 2.75) is 13.8 Å². The number of ether oxygens (including phenoxy) is 2. The summed E-state index contributed by atoms with van der Waals surface area (Å²) in [5, 5.41) is 3.54. The molecule has 2 aromatic rings.